The lowest BCUT2D eigenvalue weighted by atomic mass is 9.97. The summed E-state index contributed by atoms with van der Waals surface area (Å²) in [5.41, 5.74) is 12.9. The van der Waals surface area contributed by atoms with Crippen LogP contribution in [-0.4, -0.2) is 27.5 Å². The number of aliphatic imine (C=N–C) groups is 3. The van der Waals surface area contributed by atoms with E-state index in [1.165, 1.54) is 27.9 Å². The zero-order valence-electron chi connectivity index (χ0n) is 34.8. The Morgan fingerprint density at radius 1 is 0.438 bits per heavy atom. The monoisotopic (exact) mass is 825 g/mol. The molecule has 0 N–H and O–H groups in total. The minimum atomic E-state index is -0.398. The smallest absolute Gasteiger partial charge is 0.161 e. The van der Waals surface area contributed by atoms with Crippen molar-refractivity contribution >= 4 is 62.0 Å². The summed E-state index contributed by atoms with van der Waals surface area (Å²) in [6.45, 7) is 4.29. The minimum absolute atomic E-state index is 0.284. The average molecular weight is 826 g/mol. The Bertz CT molecular complexity index is 3580. The number of hydrogen-bond donors (Lipinski definition) is 0. The third kappa shape index (κ3) is 6.97. The molecular weight excluding hydrogens is 786 g/mol. The second-order valence-electron chi connectivity index (χ2n) is 15.8. The number of hydrogen-bond acceptors (Lipinski definition) is 1. The summed E-state index contributed by atoms with van der Waals surface area (Å²) in [6, 6.07) is 74.1. The summed E-state index contributed by atoms with van der Waals surface area (Å²) in [5.74, 6) is 0.378. The molecule has 0 bridgehead atoms. The van der Waals surface area contributed by atoms with E-state index in [1.54, 1.807) is 6.07 Å². The molecule has 0 spiro atoms. The maximum Gasteiger partial charge on any atom is 0.161 e. The molecule has 5 nitrogen and oxygen atoms in total. The summed E-state index contributed by atoms with van der Waals surface area (Å²) in [7, 11) is 0. The number of rotatable bonds is 8. The molecule has 0 aliphatic rings. The van der Waals surface area contributed by atoms with Gasteiger partial charge in [-0.15, -0.1) is 0 Å². The first-order valence-electron chi connectivity index (χ1n) is 21.3. The standard InChI is InChI=1S/C58H40FN5/c1-60-57(62-58(41-18-7-3-8-19-41)61-38-39-16-5-2-6-17-39)44-34-43(35-45(59)36-44)48-24-15-27-55-56(48)50-23-12-14-26-53(50)64(55)47-31-28-40(29-32-47)42-30-33-54-51(37-42)49-22-11-13-25-52(49)63(54)46-20-9-4-10-21-46/h2-37H,1,38H2. The van der Waals surface area contributed by atoms with Gasteiger partial charge in [-0.05, 0) is 107 Å². The van der Waals surface area contributed by atoms with Crippen molar-refractivity contribution in [2.75, 3.05) is 0 Å². The molecule has 0 amide bonds. The topological polar surface area (TPSA) is 46.9 Å². The second-order valence-corrected chi connectivity index (χ2v) is 15.8. The number of benzene rings is 9. The van der Waals surface area contributed by atoms with Gasteiger partial charge in [0.25, 0.3) is 0 Å². The van der Waals surface area contributed by atoms with Gasteiger partial charge in [-0.3, -0.25) is 4.99 Å². The van der Waals surface area contributed by atoms with E-state index in [0.717, 1.165) is 61.0 Å². The molecule has 9 aromatic carbocycles. The zero-order chi connectivity index (χ0) is 43.0. The third-order valence-corrected chi connectivity index (χ3v) is 12.0. The molecule has 304 valence electrons. The van der Waals surface area contributed by atoms with E-state index < -0.39 is 5.82 Å². The Morgan fingerprint density at radius 2 is 1.03 bits per heavy atom. The van der Waals surface area contributed by atoms with E-state index in [-0.39, 0.29) is 5.84 Å². The first-order chi connectivity index (χ1) is 31.6. The molecule has 2 aromatic heterocycles. The highest BCUT2D eigenvalue weighted by Crippen LogP contribution is 2.40. The molecule has 11 aromatic rings. The van der Waals surface area contributed by atoms with Gasteiger partial charge in [-0.1, -0.05) is 146 Å². The van der Waals surface area contributed by atoms with Gasteiger partial charge < -0.3 is 9.13 Å². The molecular formula is C58H40FN5. The van der Waals surface area contributed by atoms with Crippen molar-refractivity contribution in [3.8, 4) is 33.6 Å². The Hall–Kier alpha value is -8.48. The van der Waals surface area contributed by atoms with E-state index in [9.17, 15) is 0 Å². The summed E-state index contributed by atoms with van der Waals surface area (Å²) in [4.78, 5) is 14.1. The maximum atomic E-state index is 15.9. The molecule has 64 heavy (non-hydrogen) atoms. The summed E-state index contributed by atoms with van der Waals surface area (Å²) >= 11 is 0. The van der Waals surface area contributed by atoms with Gasteiger partial charge in [0, 0.05) is 44.0 Å². The maximum absolute atomic E-state index is 15.9. The van der Waals surface area contributed by atoms with Crippen LogP contribution in [-0.2, 0) is 6.54 Å². The van der Waals surface area contributed by atoms with Crippen LogP contribution < -0.4 is 0 Å². The van der Waals surface area contributed by atoms with Crippen LogP contribution in [0.2, 0.25) is 0 Å². The van der Waals surface area contributed by atoms with Crippen LogP contribution in [0, 0.1) is 5.82 Å². The predicted molar refractivity (Wildman–Crippen MR) is 265 cm³/mol. The van der Waals surface area contributed by atoms with Crippen LogP contribution in [0.25, 0.3) is 77.2 Å². The molecule has 0 atom stereocenters. The number of halogens is 1. The van der Waals surface area contributed by atoms with E-state index in [2.05, 4.69) is 154 Å². The van der Waals surface area contributed by atoms with Gasteiger partial charge in [0.2, 0.25) is 0 Å². The minimum Gasteiger partial charge on any atom is -0.309 e. The number of aromatic nitrogens is 2. The van der Waals surface area contributed by atoms with Crippen molar-refractivity contribution in [3.63, 3.8) is 0 Å². The molecule has 0 aliphatic heterocycles. The van der Waals surface area contributed by atoms with Gasteiger partial charge in [0.15, 0.2) is 11.7 Å². The lowest BCUT2D eigenvalue weighted by Gasteiger charge is -2.11. The highest BCUT2D eigenvalue weighted by atomic mass is 19.1. The molecule has 11 rings (SSSR count). The van der Waals surface area contributed by atoms with Crippen LogP contribution in [0.5, 0.6) is 0 Å². The summed E-state index contributed by atoms with van der Waals surface area (Å²) in [5, 5.41) is 4.53. The molecule has 0 saturated carbocycles. The van der Waals surface area contributed by atoms with Crippen LogP contribution in [0.1, 0.15) is 16.7 Å². The normalized spacial score (nSPS) is 12.1. The van der Waals surface area contributed by atoms with Gasteiger partial charge >= 0.3 is 0 Å². The molecule has 2 heterocycles. The lowest BCUT2D eigenvalue weighted by molar-refractivity contribution is 0.628. The molecule has 0 unspecified atom stereocenters. The third-order valence-electron chi connectivity index (χ3n) is 12.0. The van der Waals surface area contributed by atoms with Crippen molar-refractivity contribution < 1.29 is 4.39 Å². The van der Waals surface area contributed by atoms with Gasteiger partial charge in [-0.25, -0.2) is 14.4 Å². The number of para-hydroxylation sites is 3. The SMILES string of the molecule is C=NC(=NC(=NCc1ccccc1)c1ccccc1)c1cc(F)cc(-c2cccc3c2c2ccccc2n3-c2ccc(-c3ccc4c(c3)c3ccccc3n4-c3ccccc3)cc2)c1. The van der Waals surface area contributed by atoms with Gasteiger partial charge in [0.1, 0.15) is 5.82 Å². The fourth-order valence-corrected chi connectivity index (χ4v) is 9.04. The Balaban J connectivity index is 0.984. The Labute approximate surface area is 370 Å². The van der Waals surface area contributed by atoms with Crippen LogP contribution in [0.15, 0.2) is 233 Å². The predicted octanol–water partition coefficient (Wildman–Crippen LogP) is 14.4. The fraction of sp³-hybridized carbons (Fsp3) is 0.0172. The van der Waals surface area contributed by atoms with Crippen molar-refractivity contribution in [1.29, 1.82) is 0 Å². The van der Waals surface area contributed by atoms with Crippen molar-refractivity contribution in [2.24, 2.45) is 15.0 Å². The van der Waals surface area contributed by atoms with E-state index in [0.29, 0.717) is 23.5 Å². The zero-order valence-corrected chi connectivity index (χ0v) is 34.8. The summed E-state index contributed by atoms with van der Waals surface area (Å²) < 4.78 is 20.5. The molecule has 0 saturated heterocycles. The first-order valence-corrected chi connectivity index (χ1v) is 21.3. The van der Waals surface area contributed by atoms with Crippen molar-refractivity contribution in [3.05, 3.63) is 241 Å². The second kappa shape index (κ2) is 16.4. The quantitative estimate of drug-likeness (QED) is 0.108. The molecule has 0 radical (unpaired) electrons. The Kier molecular flexibility index (Phi) is 9.86. The Morgan fingerprint density at radius 3 is 1.78 bits per heavy atom. The lowest BCUT2D eigenvalue weighted by Crippen LogP contribution is -2.06. The van der Waals surface area contributed by atoms with Crippen LogP contribution >= 0.6 is 0 Å². The highest BCUT2D eigenvalue weighted by molar-refractivity contribution is 6.17. The number of nitrogens with zero attached hydrogens (tertiary/aromatic N) is 5. The van der Waals surface area contributed by atoms with Gasteiger partial charge in [0.05, 0.1) is 28.6 Å². The van der Waals surface area contributed by atoms with Crippen LogP contribution in [0.4, 0.5) is 4.39 Å². The highest BCUT2D eigenvalue weighted by Gasteiger charge is 2.19. The molecule has 0 fully saturated rings. The number of fused-ring (bicyclic) bond motifs is 6. The van der Waals surface area contributed by atoms with Crippen LogP contribution in [0.3, 0.4) is 0 Å². The largest absolute Gasteiger partial charge is 0.309 e. The fourth-order valence-electron chi connectivity index (χ4n) is 9.04. The van der Waals surface area contributed by atoms with E-state index in [1.807, 2.05) is 72.8 Å². The van der Waals surface area contributed by atoms with Gasteiger partial charge in [-0.2, -0.15) is 0 Å². The van der Waals surface area contributed by atoms with E-state index in [4.69, 9.17) is 9.98 Å². The van der Waals surface area contributed by atoms with Crippen molar-refractivity contribution in [2.45, 2.75) is 6.54 Å². The number of amidine groups is 2. The summed E-state index contributed by atoms with van der Waals surface area (Å²) in [6.07, 6.45) is 0. The van der Waals surface area contributed by atoms with E-state index >= 15 is 4.39 Å². The molecule has 0 aliphatic carbocycles. The molecule has 6 heteroatoms. The average Bonchev–Trinajstić information content (AvgIpc) is 3.87. The first kappa shape index (κ1) is 38.4. The van der Waals surface area contributed by atoms with Crippen molar-refractivity contribution in [1.82, 2.24) is 9.13 Å².